The first-order valence-corrected chi connectivity index (χ1v) is 11.0. The number of H-pyrrole nitrogens is 1. The van der Waals surface area contributed by atoms with Crippen LogP contribution in [0.5, 0.6) is 0 Å². The van der Waals surface area contributed by atoms with Crippen molar-refractivity contribution in [2.45, 2.75) is 32.5 Å². The van der Waals surface area contributed by atoms with Crippen molar-refractivity contribution >= 4 is 26.8 Å². The summed E-state index contributed by atoms with van der Waals surface area (Å²) < 4.78 is 26.6. The zero-order valence-electron chi connectivity index (χ0n) is 15.7. The highest BCUT2D eigenvalue weighted by molar-refractivity contribution is 7.89. The van der Waals surface area contributed by atoms with Crippen LogP contribution < -0.4 is 5.32 Å². The summed E-state index contributed by atoms with van der Waals surface area (Å²) in [6, 6.07) is 16.9. The topological polar surface area (TPSA) is 82.3 Å². The Hall–Kier alpha value is -2.64. The van der Waals surface area contributed by atoms with Crippen LogP contribution in [0, 0.1) is 0 Å². The van der Waals surface area contributed by atoms with Gasteiger partial charge in [0.25, 0.3) is 0 Å². The second-order valence-corrected chi connectivity index (χ2v) is 9.24. The number of rotatable bonds is 5. The molecule has 0 spiro atoms. The number of fused-ring (bicyclic) bond motifs is 2. The number of sulfonamides is 1. The number of amides is 1. The SMILES string of the molecule is CCS(=O)(=O)N1Cc2ccccc2C[C@H]1C(=O)NCc1cc2ccccc2[nH]1. The third-order valence-electron chi connectivity index (χ3n) is 5.27. The minimum Gasteiger partial charge on any atom is -0.357 e. The lowest BCUT2D eigenvalue weighted by atomic mass is 9.95. The number of nitrogens with one attached hydrogen (secondary N) is 2. The van der Waals surface area contributed by atoms with E-state index in [1.807, 2.05) is 54.6 Å². The Morgan fingerprint density at radius 3 is 2.61 bits per heavy atom. The minimum atomic E-state index is -3.50. The molecule has 1 aliphatic heterocycles. The number of benzene rings is 2. The molecule has 7 heteroatoms. The number of carbonyl (C=O) groups is 1. The number of aromatic nitrogens is 1. The number of para-hydroxylation sites is 1. The van der Waals surface area contributed by atoms with E-state index in [0.29, 0.717) is 13.0 Å². The van der Waals surface area contributed by atoms with E-state index in [2.05, 4.69) is 10.3 Å². The molecule has 1 aliphatic rings. The molecule has 0 unspecified atom stereocenters. The highest BCUT2D eigenvalue weighted by Gasteiger charge is 2.37. The molecular weight excluding hydrogens is 374 g/mol. The zero-order chi connectivity index (χ0) is 19.7. The molecule has 2 heterocycles. The number of carbonyl (C=O) groups excluding carboxylic acids is 1. The molecule has 146 valence electrons. The van der Waals surface area contributed by atoms with E-state index in [1.165, 1.54) is 4.31 Å². The van der Waals surface area contributed by atoms with Gasteiger partial charge in [-0.3, -0.25) is 4.79 Å². The molecule has 2 N–H and O–H groups in total. The first-order chi connectivity index (χ1) is 13.5. The molecule has 0 fully saturated rings. The zero-order valence-corrected chi connectivity index (χ0v) is 16.5. The van der Waals surface area contributed by atoms with Crippen LogP contribution in [0.15, 0.2) is 54.6 Å². The molecule has 0 saturated carbocycles. The van der Waals surface area contributed by atoms with Crippen molar-refractivity contribution in [2.24, 2.45) is 0 Å². The Balaban J connectivity index is 1.55. The van der Waals surface area contributed by atoms with Gasteiger partial charge < -0.3 is 10.3 Å². The van der Waals surface area contributed by atoms with Crippen LogP contribution in [-0.4, -0.2) is 35.4 Å². The molecule has 0 saturated heterocycles. The van der Waals surface area contributed by atoms with Crippen molar-refractivity contribution in [1.82, 2.24) is 14.6 Å². The van der Waals surface area contributed by atoms with Crippen molar-refractivity contribution in [3.05, 3.63) is 71.4 Å². The van der Waals surface area contributed by atoms with Crippen molar-refractivity contribution in [1.29, 1.82) is 0 Å². The molecule has 6 nitrogen and oxygen atoms in total. The molecular formula is C21H23N3O3S. The van der Waals surface area contributed by atoms with E-state index in [0.717, 1.165) is 27.7 Å². The summed E-state index contributed by atoms with van der Waals surface area (Å²) in [5, 5.41) is 3.99. The minimum absolute atomic E-state index is 0.0268. The smallest absolute Gasteiger partial charge is 0.239 e. The van der Waals surface area contributed by atoms with Crippen LogP contribution in [-0.2, 0) is 34.3 Å². The van der Waals surface area contributed by atoms with Crippen LogP contribution >= 0.6 is 0 Å². The van der Waals surface area contributed by atoms with Crippen LogP contribution in [0.4, 0.5) is 0 Å². The molecule has 4 rings (SSSR count). The fourth-order valence-corrected chi connectivity index (χ4v) is 4.93. The molecule has 1 aromatic heterocycles. The molecule has 3 aromatic rings. The van der Waals surface area contributed by atoms with Crippen LogP contribution in [0.2, 0.25) is 0 Å². The van der Waals surface area contributed by atoms with Gasteiger partial charge in [-0.25, -0.2) is 8.42 Å². The standard InChI is InChI=1S/C21H23N3O3S/c1-2-28(26,27)24-14-17-9-4-3-7-15(17)12-20(24)21(25)22-13-18-11-16-8-5-6-10-19(16)23-18/h3-11,20,23H,2,12-14H2,1H3,(H,22,25)/t20-/m0/s1. The predicted octanol–water partition coefficient (Wildman–Crippen LogP) is 2.56. The van der Waals surface area contributed by atoms with Gasteiger partial charge in [-0.1, -0.05) is 42.5 Å². The lowest BCUT2D eigenvalue weighted by Gasteiger charge is -2.34. The fourth-order valence-electron chi connectivity index (χ4n) is 3.71. The second-order valence-electron chi connectivity index (χ2n) is 7.03. The van der Waals surface area contributed by atoms with Crippen molar-refractivity contribution < 1.29 is 13.2 Å². The van der Waals surface area contributed by atoms with Gasteiger partial charge in [0.15, 0.2) is 0 Å². The van der Waals surface area contributed by atoms with Gasteiger partial charge in [0.05, 0.1) is 12.3 Å². The summed E-state index contributed by atoms with van der Waals surface area (Å²) in [5.74, 6) is -0.300. The summed E-state index contributed by atoms with van der Waals surface area (Å²) in [4.78, 5) is 16.2. The van der Waals surface area contributed by atoms with E-state index in [4.69, 9.17) is 0 Å². The van der Waals surface area contributed by atoms with Gasteiger partial charge >= 0.3 is 0 Å². The van der Waals surface area contributed by atoms with E-state index >= 15 is 0 Å². The highest BCUT2D eigenvalue weighted by atomic mass is 32.2. The van der Waals surface area contributed by atoms with E-state index in [9.17, 15) is 13.2 Å². The third-order valence-corrected chi connectivity index (χ3v) is 7.10. The summed E-state index contributed by atoms with van der Waals surface area (Å²) in [5.41, 5.74) is 3.87. The predicted molar refractivity (Wildman–Crippen MR) is 109 cm³/mol. The monoisotopic (exact) mass is 397 g/mol. The second kappa shape index (κ2) is 7.41. The van der Waals surface area contributed by atoms with Crippen LogP contribution in [0.1, 0.15) is 23.7 Å². The Kier molecular flexibility index (Phi) is 4.95. The molecule has 28 heavy (non-hydrogen) atoms. The Labute approximate surface area is 164 Å². The maximum atomic E-state index is 12.9. The highest BCUT2D eigenvalue weighted by Crippen LogP contribution is 2.26. The lowest BCUT2D eigenvalue weighted by molar-refractivity contribution is -0.125. The maximum Gasteiger partial charge on any atom is 0.239 e. The van der Waals surface area contributed by atoms with Crippen molar-refractivity contribution in [3.8, 4) is 0 Å². The van der Waals surface area contributed by atoms with E-state index in [1.54, 1.807) is 6.92 Å². The summed E-state index contributed by atoms with van der Waals surface area (Å²) >= 11 is 0. The lowest BCUT2D eigenvalue weighted by Crippen LogP contribution is -2.52. The largest absolute Gasteiger partial charge is 0.357 e. The molecule has 1 atom stereocenters. The first kappa shape index (κ1) is 18.7. The van der Waals surface area contributed by atoms with Gasteiger partial charge in [-0.05, 0) is 42.0 Å². The molecule has 1 amide bonds. The van der Waals surface area contributed by atoms with Crippen LogP contribution in [0.3, 0.4) is 0 Å². The van der Waals surface area contributed by atoms with Gasteiger partial charge in [0, 0.05) is 17.8 Å². The normalized spacial score (nSPS) is 17.4. The Bertz CT molecular complexity index is 1090. The Morgan fingerprint density at radius 1 is 1.14 bits per heavy atom. The maximum absolute atomic E-state index is 12.9. The van der Waals surface area contributed by atoms with Gasteiger partial charge in [-0.15, -0.1) is 0 Å². The summed E-state index contributed by atoms with van der Waals surface area (Å²) in [7, 11) is -3.50. The van der Waals surface area contributed by atoms with Crippen molar-refractivity contribution in [2.75, 3.05) is 5.75 Å². The summed E-state index contributed by atoms with van der Waals surface area (Å²) in [6.07, 6.45) is 0.383. The quantitative estimate of drug-likeness (QED) is 0.694. The van der Waals surface area contributed by atoms with Gasteiger partial charge in [0.1, 0.15) is 6.04 Å². The third kappa shape index (κ3) is 3.55. The fraction of sp³-hybridized carbons (Fsp3) is 0.286. The van der Waals surface area contributed by atoms with E-state index in [-0.39, 0.29) is 18.2 Å². The molecule has 0 radical (unpaired) electrons. The molecule has 0 bridgehead atoms. The number of hydrogen-bond acceptors (Lipinski definition) is 3. The molecule has 0 aliphatic carbocycles. The average Bonchev–Trinajstić information content (AvgIpc) is 3.14. The number of aromatic amines is 1. The molecule has 2 aromatic carbocycles. The Morgan fingerprint density at radius 2 is 1.86 bits per heavy atom. The van der Waals surface area contributed by atoms with Crippen LogP contribution in [0.25, 0.3) is 10.9 Å². The van der Waals surface area contributed by atoms with Gasteiger partial charge in [0.2, 0.25) is 15.9 Å². The van der Waals surface area contributed by atoms with E-state index < -0.39 is 16.1 Å². The van der Waals surface area contributed by atoms with Crippen molar-refractivity contribution in [3.63, 3.8) is 0 Å². The first-order valence-electron chi connectivity index (χ1n) is 9.38. The number of hydrogen-bond donors (Lipinski definition) is 2. The number of nitrogens with zero attached hydrogens (tertiary/aromatic N) is 1. The average molecular weight is 398 g/mol. The summed E-state index contributed by atoms with van der Waals surface area (Å²) in [6.45, 7) is 2.16. The van der Waals surface area contributed by atoms with Gasteiger partial charge in [-0.2, -0.15) is 4.31 Å².